The fourth-order valence-electron chi connectivity index (χ4n) is 4.17. The van der Waals surface area contributed by atoms with Crippen molar-refractivity contribution in [2.75, 3.05) is 43.9 Å². The fraction of sp³-hybridized carbons (Fsp3) is 0.250. The number of anilines is 3. The number of amides is 1. The Kier molecular flexibility index (Phi) is 7.43. The second kappa shape index (κ2) is 11.2. The lowest BCUT2D eigenvalue weighted by molar-refractivity contribution is 0.102. The number of aromatic nitrogens is 4. The van der Waals surface area contributed by atoms with Crippen LogP contribution in [0.25, 0.3) is 11.3 Å². The van der Waals surface area contributed by atoms with E-state index in [9.17, 15) is 4.79 Å². The molecule has 1 fully saturated rings. The van der Waals surface area contributed by atoms with Crippen LogP contribution in [0.3, 0.4) is 0 Å². The SMILES string of the molecule is Cc1ncc(NC(=O)c2ccc(CN3CCN(C)CC3)cc2)cc1Nc1nccc(-c2cccnc2)n1. The van der Waals surface area contributed by atoms with Crippen molar-refractivity contribution in [1.29, 1.82) is 0 Å². The Labute approximate surface area is 216 Å². The van der Waals surface area contributed by atoms with E-state index >= 15 is 0 Å². The molecule has 1 saturated heterocycles. The highest BCUT2D eigenvalue weighted by Crippen LogP contribution is 2.23. The number of likely N-dealkylation sites (N-methyl/N-ethyl adjacent to an activating group) is 1. The van der Waals surface area contributed by atoms with Crippen LogP contribution >= 0.6 is 0 Å². The number of nitrogens with zero attached hydrogens (tertiary/aromatic N) is 6. The molecule has 4 heterocycles. The van der Waals surface area contributed by atoms with Crippen molar-refractivity contribution in [1.82, 2.24) is 29.7 Å². The van der Waals surface area contributed by atoms with E-state index in [4.69, 9.17) is 0 Å². The first kappa shape index (κ1) is 24.5. The summed E-state index contributed by atoms with van der Waals surface area (Å²) in [5.74, 6) is 0.253. The van der Waals surface area contributed by atoms with E-state index in [1.165, 1.54) is 5.56 Å². The minimum atomic E-state index is -0.183. The lowest BCUT2D eigenvalue weighted by atomic mass is 10.1. The molecule has 1 amide bonds. The van der Waals surface area contributed by atoms with Gasteiger partial charge in [-0.1, -0.05) is 12.1 Å². The third-order valence-electron chi connectivity index (χ3n) is 6.42. The molecule has 9 nitrogen and oxygen atoms in total. The van der Waals surface area contributed by atoms with E-state index in [2.05, 4.69) is 47.4 Å². The molecule has 0 radical (unpaired) electrons. The number of rotatable bonds is 7. The second-order valence-corrected chi connectivity index (χ2v) is 9.22. The molecule has 9 heteroatoms. The highest BCUT2D eigenvalue weighted by molar-refractivity contribution is 6.04. The summed E-state index contributed by atoms with van der Waals surface area (Å²) < 4.78 is 0. The molecular formula is C28H30N8O. The Morgan fingerprint density at radius 1 is 0.973 bits per heavy atom. The van der Waals surface area contributed by atoms with Crippen LogP contribution in [0.15, 0.2) is 73.3 Å². The molecule has 1 aliphatic heterocycles. The minimum Gasteiger partial charge on any atom is -0.322 e. The average Bonchev–Trinajstić information content (AvgIpc) is 2.93. The normalized spacial score (nSPS) is 14.3. The molecule has 0 unspecified atom stereocenters. The van der Waals surface area contributed by atoms with Gasteiger partial charge >= 0.3 is 0 Å². The van der Waals surface area contributed by atoms with Crippen LogP contribution < -0.4 is 10.6 Å². The molecule has 0 aliphatic carbocycles. The Balaban J connectivity index is 1.24. The predicted molar refractivity (Wildman–Crippen MR) is 145 cm³/mol. The van der Waals surface area contributed by atoms with E-state index in [0.29, 0.717) is 22.9 Å². The average molecular weight is 495 g/mol. The Bertz CT molecular complexity index is 1350. The molecule has 0 atom stereocenters. The maximum atomic E-state index is 12.9. The van der Waals surface area contributed by atoms with Crippen molar-refractivity contribution >= 4 is 23.2 Å². The lowest BCUT2D eigenvalue weighted by Gasteiger charge is -2.32. The Hall–Kier alpha value is -4.21. The number of pyridine rings is 2. The van der Waals surface area contributed by atoms with Crippen molar-refractivity contribution in [2.45, 2.75) is 13.5 Å². The van der Waals surface area contributed by atoms with Crippen molar-refractivity contribution in [3.8, 4) is 11.3 Å². The zero-order valence-electron chi connectivity index (χ0n) is 21.1. The zero-order chi connectivity index (χ0) is 25.6. The van der Waals surface area contributed by atoms with E-state index < -0.39 is 0 Å². The first-order valence-electron chi connectivity index (χ1n) is 12.3. The smallest absolute Gasteiger partial charge is 0.255 e. The van der Waals surface area contributed by atoms with Gasteiger partial charge in [0.1, 0.15) is 0 Å². The number of aryl methyl sites for hydroxylation is 1. The van der Waals surface area contributed by atoms with Crippen LogP contribution in [0.2, 0.25) is 0 Å². The number of nitrogens with one attached hydrogen (secondary N) is 2. The summed E-state index contributed by atoms with van der Waals surface area (Å²) in [6, 6.07) is 15.3. The second-order valence-electron chi connectivity index (χ2n) is 9.22. The van der Waals surface area contributed by atoms with Gasteiger partial charge in [0.05, 0.1) is 29.0 Å². The van der Waals surface area contributed by atoms with Crippen molar-refractivity contribution in [3.05, 3.63) is 90.1 Å². The molecular weight excluding hydrogens is 464 g/mol. The van der Waals surface area contributed by atoms with Gasteiger partial charge in [-0.15, -0.1) is 0 Å². The zero-order valence-corrected chi connectivity index (χ0v) is 21.1. The first-order chi connectivity index (χ1) is 18.0. The van der Waals surface area contributed by atoms with E-state index in [1.807, 2.05) is 55.5 Å². The predicted octanol–water partition coefficient (Wildman–Crippen LogP) is 3.99. The standard InChI is InChI=1S/C28H30N8O/c1-20-26(34-28-30-11-9-25(33-28)23-4-3-10-29-17-23)16-24(18-31-20)32-27(37)22-7-5-21(6-8-22)19-36-14-12-35(2)13-15-36/h3-11,16-18H,12-15,19H2,1-2H3,(H,32,37)(H,30,33,34). The summed E-state index contributed by atoms with van der Waals surface area (Å²) in [4.78, 5) is 35.2. The molecule has 2 N–H and O–H groups in total. The molecule has 3 aromatic heterocycles. The van der Waals surface area contributed by atoms with Crippen LogP contribution in [0.1, 0.15) is 21.6 Å². The third kappa shape index (κ3) is 6.32. The Morgan fingerprint density at radius 2 is 1.78 bits per heavy atom. The third-order valence-corrected chi connectivity index (χ3v) is 6.42. The highest BCUT2D eigenvalue weighted by Gasteiger charge is 2.15. The first-order valence-corrected chi connectivity index (χ1v) is 12.3. The van der Waals surface area contributed by atoms with Crippen LogP contribution in [0, 0.1) is 6.92 Å². The molecule has 188 valence electrons. The summed E-state index contributed by atoms with van der Waals surface area (Å²) >= 11 is 0. The van der Waals surface area contributed by atoms with Gasteiger partial charge in [0.2, 0.25) is 5.95 Å². The molecule has 0 bridgehead atoms. The molecule has 1 aliphatic rings. The lowest BCUT2D eigenvalue weighted by Crippen LogP contribution is -2.43. The highest BCUT2D eigenvalue weighted by atomic mass is 16.1. The maximum Gasteiger partial charge on any atom is 0.255 e. The molecule has 0 saturated carbocycles. The van der Waals surface area contributed by atoms with Crippen LogP contribution in [0.4, 0.5) is 17.3 Å². The molecule has 37 heavy (non-hydrogen) atoms. The van der Waals surface area contributed by atoms with Crippen LogP contribution in [-0.4, -0.2) is 68.9 Å². The topological polar surface area (TPSA) is 99.2 Å². The van der Waals surface area contributed by atoms with Gasteiger partial charge in [-0.05, 0) is 55.9 Å². The van der Waals surface area contributed by atoms with Gasteiger partial charge in [0, 0.05) is 62.4 Å². The van der Waals surface area contributed by atoms with Crippen molar-refractivity contribution in [2.24, 2.45) is 0 Å². The number of benzene rings is 1. The van der Waals surface area contributed by atoms with Gasteiger partial charge < -0.3 is 15.5 Å². The van der Waals surface area contributed by atoms with E-state index in [1.54, 1.807) is 24.8 Å². The monoisotopic (exact) mass is 494 g/mol. The number of carbonyl (C=O) groups is 1. The van der Waals surface area contributed by atoms with Crippen molar-refractivity contribution < 1.29 is 4.79 Å². The summed E-state index contributed by atoms with van der Waals surface area (Å²) in [5.41, 5.74) is 5.53. The largest absolute Gasteiger partial charge is 0.322 e. The quantitative estimate of drug-likeness (QED) is 0.398. The maximum absolute atomic E-state index is 12.9. The number of hydrogen-bond donors (Lipinski definition) is 2. The van der Waals surface area contributed by atoms with Gasteiger partial charge in [-0.3, -0.25) is 19.7 Å². The molecule has 0 spiro atoms. The van der Waals surface area contributed by atoms with Crippen LogP contribution in [-0.2, 0) is 6.54 Å². The van der Waals surface area contributed by atoms with Crippen LogP contribution in [0.5, 0.6) is 0 Å². The Morgan fingerprint density at radius 3 is 2.54 bits per heavy atom. The summed E-state index contributed by atoms with van der Waals surface area (Å²) in [6.07, 6.45) is 6.82. The molecule has 4 aromatic rings. The van der Waals surface area contributed by atoms with E-state index in [0.717, 1.165) is 49.7 Å². The minimum absolute atomic E-state index is 0.183. The summed E-state index contributed by atoms with van der Waals surface area (Å²) in [7, 11) is 2.16. The van der Waals surface area contributed by atoms with Gasteiger partial charge in [-0.25, -0.2) is 9.97 Å². The van der Waals surface area contributed by atoms with Gasteiger partial charge in [0.25, 0.3) is 5.91 Å². The van der Waals surface area contributed by atoms with Crippen molar-refractivity contribution in [3.63, 3.8) is 0 Å². The van der Waals surface area contributed by atoms with Gasteiger partial charge in [-0.2, -0.15) is 0 Å². The summed E-state index contributed by atoms with van der Waals surface area (Å²) in [6.45, 7) is 7.09. The fourth-order valence-corrected chi connectivity index (χ4v) is 4.17. The molecule has 1 aromatic carbocycles. The summed E-state index contributed by atoms with van der Waals surface area (Å²) in [5, 5.41) is 6.17. The number of hydrogen-bond acceptors (Lipinski definition) is 8. The molecule has 5 rings (SSSR count). The van der Waals surface area contributed by atoms with Gasteiger partial charge in [0.15, 0.2) is 0 Å². The number of piperazine rings is 1. The number of carbonyl (C=O) groups excluding carboxylic acids is 1. The van der Waals surface area contributed by atoms with E-state index in [-0.39, 0.29) is 5.91 Å².